The molecule has 2 aromatic heterocycles. The summed E-state index contributed by atoms with van der Waals surface area (Å²) >= 11 is 5.36. The van der Waals surface area contributed by atoms with E-state index < -0.39 is 11.6 Å². The molecule has 0 bridgehead atoms. The highest BCUT2D eigenvalue weighted by Crippen LogP contribution is 2.17. The summed E-state index contributed by atoms with van der Waals surface area (Å²) in [5.74, 6) is -0.298. The minimum absolute atomic E-state index is 0.0231. The van der Waals surface area contributed by atoms with Crippen LogP contribution < -0.4 is 16.4 Å². The maximum atomic E-state index is 12.8. The van der Waals surface area contributed by atoms with E-state index >= 15 is 0 Å². The molecule has 0 amide bonds. The zero-order chi connectivity index (χ0) is 16.8. The fourth-order valence-electron chi connectivity index (χ4n) is 1.84. The van der Waals surface area contributed by atoms with Gasteiger partial charge in [-0.05, 0) is 0 Å². The summed E-state index contributed by atoms with van der Waals surface area (Å²) in [5.41, 5.74) is 10.7. The van der Waals surface area contributed by atoms with Crippen LogP contribution in [0.2, 0.25) is 5.15 Å². The van der Waals surface area contributed by atoms with Crippen LogP contribution in [-0.2, 0) is 4.74 Å². The minimum Gasteiger partial charge on any atom is -0.396 e. The van der Waals surface area contributed by atoms with Crippen molar-refractivity contribution in [3.8, 4) is 0 Å². The number of anilines is 3. The van der Waals surface area contributed by atoms with E-state index in [-0.39, 0.29) is 16.5 Å². The van der Waals surface area contributed by atoms with Crippen LogP contribution in [0.4, 0.5) is 26.0 Å². The Labute approximate surface area is 137 Å². The molecule has 2 aromatic rings. The van der Waals surface area contributed by atoms with Crippen molar-refractivity contribution in [3.63, 3.8) is 0 Å². The second-order valence-electron chi connectivity index (χ2n) is 4.69. The number of nitrogens with two attached hydrogens (primary N) is 2. The molecule has 4 N–H and O–H groups in total. The number of morpholine rings is 1. The second-order valence-corrected chi connectivity index (χ2v) is 5.08. The molecule has 0 aromatic carbocycles. The molecule has 1 aliphatic rings. The van der Waals surface area contributed by atoms with Gasteiger partial charge in [-0.15, -0.1) is 0 Å². The lowest BCUT2D eigenvalue weighted by Crippen LogP contribution is -2.36. The summed E-state index contributed by atoms with van der Waals surface area (Å²) in [5, 5.41) is 0.203. The van der Waals surface area contributed by atoms with Crippen molar-refractivity contribution in [2.75, 3.05) is 42.7 Å². The number of nitrogen functional groups attached to an aromatic ring is 2. The third-order valence-electron chi connectivity index (χ3n) is 3.06. The van der Waals surface area contributed by atoms with E-state index in [2.05, 4.69) is 9.97 Å². The lowest BCUT2D eigenvalue weighted by Gasteiger charge is -2.27. The molecular formula is C14H16ClF2N5O. The van der Waals surface area contributed by atoms with E-state index in [1.54, 1.807) is 6.07 Å². The molecule has 1 fully saturated rings. The van der Waals surface area contributed by atoms with Crippen LogP contribution in [0, 0.1) is 11.6 Å². The van der Waals surface area contributed by atoms with Gasteiger partial charge in [0.15, 0.2) is 11.6 Å². The Morgan fingerprint density at radius 2 is 1.57 bits per heavy atom. The molecule has 6 nitrogen and oxygen atoms in total. The van der Waals surface area contributed by atoms with Crippen molar-refractivity contribution < 1.29 is 13.5 Å². The van der Waals surface area contributed by atoms with Gasteiger partial charge in [0.25, 0.3) is 0 Å². The fraction of sp³-hybridized carbons (Fsp3) is 0.286. The van der Waals surface area contributed by atoms with Crippen molar-refractivity contribution in [2.24, 2.45) is 0 Å². The number of halogens is 3. The first-order chi connectivity index (χ1) is 11.0. The number of hydrogen-bond acceptors (Lipinski definition) is 6. The predicted octanol–water partition coefficient (Wildman–Crippen LogP) is 2.10. The molecule has 1 saturated heterocycles. The van der Waals surface area contributed by atoms with Gasteiger partial charge in [-0.2, -0.15) is 0 Å². The average Bonchev–Trinajstić information content (AvgIpc) is 2.55. The molecule has 0 radical (unpaired) electrons. The van der Waals surface area contributed by atoms with Gasteiger partial charge in [0, 0.05) is 25.2 Å². The molecule has 0 aliphatic carbocycles. The van der Waals surface area contributed by atoms with Crippen molar-refractivity contribution in [1.29, 1.82) is 0 Å². The highest BCUT2D eigenvalue weighted by Gasteiger charge is 2.13. The van der Waals surface area contributed by atoms with Crippen molar-refractivity contribution in [1.82, 2.24) is 9.97 Å². The van der Waals surface area contributed by atoms with Gasteiger partial charge in [-0.3, -0.25) is 0 Å². The van der Waals surface area contributed by atoms with Crippen molar-refractivity contribution in [2.45, 2.75) is 0 Å². The summed E-state index contributed by atoms with van der Waals surface area (Å²) in [6.07, 6.45) is 2.14. The van der Waals surface area contributed by atoms with Crippen LogP contribution in [-0.4, -0.2) is 36.3 Å². The van der Waals surface area contributed by atoms with E-state index in [0.29, 0.717) is 19.0 Å². The highest BCUT2D eigenvalue weighted by molar-refractivity contribution is 6.29. The Kier molecular flexibility index (Phi) is 5.89. The third-order valence-corrected chi connectivity index (χ3v) is 3.26. The number of ether oxygens (including phenoxy) is 1. The maximum Gasteiger partial charge on any atom is 0.164 e. The fourth-order valence-corrected chi connectivity index (χ4v) is 2.00. The van der Waals surface area contributed by atoms with E-state index in [0.717, 1.165) is 25.5 Å². The monoisotopic (exact) mass is 343 g/mol. The Hall–Kier alpha value is -2.19. The van der Waals surface area contributed by atoms with Gasteiger partial charge in [0.2, 0.25) is 0 Å². The van der Waals surface area contributed by atoms with Gasteiger partial charge < -0.3 is 21.1 Å². The Balaban J connectivity index is 0.000000185. The minimum atomic E-state index is -0.542. The first kappa shape index (κ1) is 17.2. The molecule has 0 saturated carbocycles. The second kappa shape index (κ2) is 7.89. The van der Waals surface area contributed by atoms with Gasteiger partial charge in [-0.1, -0.05) is 11.6 Å². The van der Waals surface area contributed by atoms with Gasteiger partial charge in [0.05, 0.1) is 37.0 Å². The first-order valence-electron chi connectivity index (χ1n) is 6.77. The van der Waals surface area contributed by atoms with E-state index in [1.165, 1.54) is 6.07 Å². The smallest absolute Gasteiger partial charge is 0.164 e. The van der Waals surface area contributed by atoms with Crippen molar-refractivity contribution >= 4 is 28.8 Å². The summed E-state index contributed by atoms with van der Waals surface area (Å²) in [7, 11) is 0. The third kappa shape index (κ3) is 4.90. The Bertz CT molecular complexity index is 668. The van der Waals surface area contributed by atoms with Gasteiger partial charge in [-0.25, -0.2) is 18.7 Å². The summed E-state index contributed by atoms with van der Waals surface area (Å²) < 4.78 is 30.3. The van der Waals surface area contributed by atoms with E-state index in [4.69, 9.17) is 27.8 Å². The van der Waals surface area contributed by atoms with Crippen LogP contribution in [0.25, 0.3) is 0 Å². The molecule has 0 atom stereocenters. The lowest BCUT2D eigenvalue weighted by atomic mass is 10.3. The Morgan fingerprint density at radius 3 is 2.09 bits per heavy atom. The predicted molar refractivity (Wildman–Crippen MR) is 85.3 cm³/mol. The number of nitrogens with zero attached hydrogens (tertiary/aromatic N) is 3. The molecule has 9 heteroatoms. The number of pyridine rings is 2. The van der Waals surface area contributed by atoms with Crippen LogP contribution in [0.1, 0.15) is 0 Å². The van der Waals surface area contributed by atoms with Crippen LogP contribution >= 0.6 is 11.6 Å². The molecule has 3 heterocycles. The lowest BCUT2D eigenvalue weighted by molar-refractivity contribution is 0.122. The molecule has 0 unspecified atom stereocenters. The summed E-state index contributed by atoms with van der Waals surface area (Å²) in [6, 6.07) is 2.82. The van der Waals surface area contributed by atoms with Crippen LogP contribution in [0.3, 0.4) is 0 Å². The number of hydrogen-bond donors (Lipinski definition) is 2. The zero-order valence-corrected chi connectivity index (χ0v) is 12.9. The largest absolute Gasteiger partial charge is 0.396 e. The normalized spacial score (nSPS) is 14.1. The van der Waals surface area contributed by atoms with E-state index in [1.807, 2.05) is 4.90 Å². The van der Waals surface area contributed by atoms with Gasteiger partial charge >= 0.3 is 0 Å². The molecular weight excluding hydrogens is 328 g/mol. The maximum absolute atomic E-state index is 12.8. The molecule has 23 heavy (non-hydrogen) atoms. The average molecular weight is 344 g/mol. The van der Waals surface area contributed by atoms with E-state index in [9.17, 15) is 8.78 Å². The first-order valence-corrected chi connectivity index (χ1v) is 7.15. The van der Waals surface area contributed by atoms with Crippen molar-refractivity contribution in [3.05, 3.63) is 41.3 Å². The standard InChI is InChI=1S/C9H12FN3O.C5H4ClFN2/c10-7-6-12-9(5-8(7)11)13-1-3-14-4-2-13;6-5-1-4(8)3(7)2-9-5/h5-6H,1-4H2,(H2,11,12);1-2H,(H2,8,9). The van der Waals surface area contributed by atoms with Crippen LogP contribution in [0.5, 0.6) is 0 Å². The zero-order valence-electron chi connectivity index (χ0n) is 12.2. The quantitative estimate of drug-likeness (QED) is 0.771. The molecule has 1 aliphatic heterocycles. The Morgan fingerprint density at radius 1 is 1.00 bits per heavy atom. The van der Waals surface area contributed by atoms with Gasteiger partial charge in [0.1, 0.15) is 11.0 Å². The summed E-state index contributed by atoms with van der Waals surface area (Å²) in [6.45, 7) is 2.91. The van der Waals surface area contributed by atoms with Crippen LogP contribution in [0.15, 0.2) is 24.5 Å². The molecule has 3 rings (SSSR count). The molecule has 0 spiro atoms. The summed E-state index contributed by atoms with van der Waals surface area (Å²) in [4.78, 5) is 9.46. The SMILES string of the molecule is Nc1cc(Cl)ncc1F.Nc1cc(N2CCOCC2)ncc1F. The number of aromatic nitrogens is 2. The molecule has 124 valence electrons. The topological polar surface area (TPSA) is 90.3 Å². The number of rotatable bonds is 1. The highest BCUT2D eigenvalue weighted by atomic mass is 35.5.